The zero-order valence-electron chi connectivity index (χ0n) is 9.04. The number of esters is 1. The average Bonchev–Trinajstić information content (AvgIpc) is 2.70. The molecule has 1 aromatic rings. The van der Waals surface area contributed by atoms with E-state index in [-0.39, 0.29) is 3.77 Å². The summed E-state index contributed by atoms with van der Waals surface area (Å²) in [6.45, 7) is 0. The summed E-state index contributed by atoms with van der Waals surface area (Å²) in [5, 5.41) is 10.3. The van der Waals surface area contributed by atoms with Gasteiger partial charge >= 0.3 is 18.1 Å². The molecule has 0 fully saturated rings. The molecule has 0 aliphatic rings. The van der Waals surface area contributed by atoms with E-state index in [0.29, 0.717) is 0 Å². The van der Waals surface area contributed by atoms with E-state index in [1.165, 1.54) is 22.6 Å². The predicted octanol–water partition coefficient (Wildman–Crippen LogP) is 1.42. The van der Waals surface area contributed by atoms with Crippen molar-refractivity contribution in [1.29, 1.82) is 0 Å². The van der Waals surface area contributed by atoms with Crippen molar-refractivity contribution in [1.82, 2.24) is 0 Å². The van der Waals surface area contributed by atoms with Crippen molar-refractivity contribution in [3.05, 3.63) is 21.7 Å². The number of carboxylic acids is 1. The van der Waals surface area contributed by atoms with Crippen LogP contribution in [0.5, 0.6) is 0 Å². The van der Waals surface area contributed by atoms with Crippen LogP contribution in [0.2, 0.25) is 0 Å². The Labute approximate surface area is 120 Å². The number of furan rings is 1. The zero-order chi connectivity index (χ0) is 15.7. The fourth-order valence-corrected chi connectivity index (χ4v) is 1.49. The minimum absolute atomic E-state index is 0.0280. The van der Waals surface area contributed by atoms with Gasteiger partial charge in [-0.05, 0) is 34.7 Å². The standard InChI is InChI=1S/C9H4F5IO5/c10-8(11,6(16)17)5(3-1-2-4(15)19-3)20-7(18)9(12,13)14/h1-2,5H,(H,16,17)/p-1. The number of hydrogen-bond donors (Lipinski definition) is 0. The molecule has 11 heteroatoms. The number of carboxylic acid groups (broad SMARTS) is 1. The lowest BCUT2D eigenvalue weighted by Gasteiger charge is -2.26. The maximum absolute atomic E-state index is 13.3. The Hall–Kier alpha value is -1.40. The smallest absolute Gasteiger partial charge is 0.490 e. The maximum atomic E-state index is 13.3. The topological polar surface area (TPSA) is 79.6 Å². The van der Waals surface area contributed by atoms with E-state index in [9.17, 15) is 36.6 Å². The fourth-order valence-electron chi connectivity index (χ4n) is 1.06. The van der Waals surface area contributed by atoms with E-state index in [1.807, 2.05) is 0 Å². The van der Waals surface area contributed by atoms with E-state index in [4.69, 9.17) is 0 Å². The third-order valence-electron chi connectivity index (χ3n) is 1.91. The van der Waals surface area contributed by atoms with Crippen molar-refractivity contribution >= 4 is 34.5 Å². The number of carbonyl (C=O) groups is 2. The van der Waals surface area contributed by atoms with E-state index in [1.54, 1.807) is 0 Å². The highest BCUT2D eigenvalue weighted by atomic mass is 127. The average molecular weight is 413 g/mol. The molecule has 1 unspecified atom stereocenters. The number of ether oxygens (including phenoxy) is 1. The first-order chi connectivity index (χ1) is 8.96. The van der Waals surface area contributed by atoms with Crippen molar-refractivity contribution in [3.8, 4) is 0 Å². The van der Waals surface area contributed by atoms with Crippen molar-refractivity contribution in [2.75, 3.05) is 0 Å². The van der Waals surface area contributed by atoms with Crippen LogP contribution in [0.3, 0.4) is 0 Å². The lowest BCUT2D eigenvalue weighted by Crippen LogP contribution is -2.47. The Bertz CT molecular complexity index is 523. The summed E-state index contributed by atoms with van der Waals surface area (Å²) in [5.74, 6) is -11.8. The van der Waals surface area contributed by atoms with Crippen LogP contribution in [-0.4, -0.2) is 24.0 Å². The summed E-state index contributed by atoms with van der Waals surface area (Å²) in [6, 6.07) is 1.82. The molecule has 0 saturated carbocycles. The van der Waals surface area contributed by atoms with Gasteiger partial charge in [0.15, 0.2) is 9.53 Å². The maximum Gasteiger partial charge on any atom is 0.490 e. The van der Waals surface area contributed by atoms with Gasteiger partial charge in [-0.3, -0.25) is 0 Å². The summed E-state index contributed by atoms with van der Waals surface area (Å²) in [6.07, 6.45) is -8.66. The Morgan fingerprint density at radius 2 is 1.80 bits per heavy atom. The first-order valence-corrected chi connectivity index (χ1v) is 5.66. The third kappa shape index (κ3) is 3.58. The van der Waals surface area contributed by atoms with E-state index in [0.717, 1.165) is 12.1 Å². The Morgan fingerprint density at radius 1 is 1.25 bits per heavy atom. The van der Waals surface area contributed by atoms with Gasteiger partial charge in [-0.1, -0.05) is 0 Å². The molecule has 5 nitrogen and oxygen atoms in total. The molecule has 1 atom stereocenters. The molecular weight excluding hydrogens is 410 g/mol. The van der Waals surface area contributed by atoms with Gasteiger partial charge in [0.05, 0.1) is 0 Å². The normalized spacial score (nSPS) is 13.9. The van der Waals surface area contributed by atoms with Crippen molar-refractivity contribution in [3.63, 3.8) is 0 Å². The van der Waals surface area contributed by atoms with Crippen LogP contribution < -0.4 is 5.11 Å². The molecule has 0 N–H and O–H groups in total. The summed E-state index contributed by atoms with van der Waals surface area (Å²) < 4.78 is 70.6. The first-order valence-electron chi connectivity index (χ1n) is 4.58. The molecule has 0 bridgehead atoms. The second-order valence-electron chi connectivity index (χ2n) is 3.34. The highest BCUT2D eigenvalue weighted by Gasteiger charge is 2.51. The summed E-state index contributed by atoms with van der Waals surface area (Å²) >= 11 is 1.49. The van der Waals surface area contributed by atoms with Crippen LogP contribution in [0.4, 0.5) is 22.0 Å². The number of carbonyl (C=O) groups excluding carboxylic acids is 2. The van der Waals surface area contributed by atoms with Gasteiger partial charge in [0.1, 0.15) is 5.97 Å². The van der Waals surface area contributed by atoms with E-state index in [2.05, 4.69) is 9.15 Å². The van der Waals surface area contributed by atoms with Crippen molar-refractivity contribution in [2.24, 2.45) is 0 Å². The summed E-state index contributed by atoms with van der Waals surface area (Å²) in [4.78, 5) is 20.9. The second-order valence-corrected chi connectivity index (χ2v) is 4.40. The van der Waals surface area contributed by atoms with Crippen molar-refractivity contribution in [2.45, 2.75) is 18.2 Å². The number of rotatable bonds is 4. The van der Waals surface area contributed by atoms with Crippen LogP contribution in [0.15, 0.2) is 16.5 Å². The van der Waals surface area contributed by atoms with Crippen LogP contribution in [-0.2, 0) is 14.3 Å². The molecule has 0 aromatic carbocycles. The number of aliphatic carboxylic acids is 1. The Kier molecular flexibility index (Phi) is 4.61. The number of halogens is 6. The molecule has 0 aliphatic heterocycles. The SMILES string of the molecule is O=C(OC(c1ccc(I)o1)C(F)(F)C(=O)[O-])C(F)(F)F. The summed E-state index contributed by atoms with van der Waals surface area (Å²) in [7, 11) is 0. The molecule has 0 spiro atoms. The summed E-state index contributed by atoms with van der Waals surface area (Å²) in [5.41, 5.74) is 0. The first kappa shape index (κ1) is 16.7. The van der Waals surface area contributed by atoms with Gasteiger partial charge in [-0.25, -0.2) is 4.79 Å². The van der Waals surface area contributed by atoms with Crippen LogP contribution in [0, 0.1) is 3.77 Å². The molecule has 112 valence electrons. The molecule has 1 rings (SSSR count). The molecular formula is C9H3F5IO5-. The van der Waals surface area contributed by atoms with Crippen LogP contribution >= 0.6 is 22.6 Å². The number of alkyl halides is 5. The van der Waals surface area contributed by atoms with Gasteiger partial charge in [-0.2, -0.15) is 22.0 Å². The lowest BCUT2D eigenvalue weighted by atomic mass is 10.1. The van der Waals surface area contributed by atoms with E-state index >= 15 is 0 Å². The molecule has 0 amide bonds. The predicted molar refractivity (Wildman–Crippen MR) is 56.3 cm³/mol. The van der Waals surface area contributed by atoms with Gasteiger partial charge in [0.25, 0.3) is 0 Å². The monoisotopic (exact) mass is 413 g/mol. The second kappa shape index (κ2) is 5.54. The van der Waals surface area contributed by atoms with Crippen molar-refractivity contribution < 1.29 is 45.8 Å². The molecule has 20 heavy (non-hydrogen) atoms. The van der Waals surface area contributed by atoms with Crippen LogP contribution in [0.25, 0.3) is 0 Å². The molecule has 1 aromatic heterocycles. The minimum atomic E-state index is -5.57. The van der Waals surface area contributed by atoms with Gasteiger partial charge < -0.3 is 19.1 Å². The molecule has 1 heterocycles. The lowest BCUT2D eigenvalue weighted by molar-refractivity contribution is -0.338. The third-order valence-corrected chi connectivity index (χ3v) is 2.49. The van der Waals surface area contributed by atoms with E-state index < -0.39 is 35.9 Å². The molecule has 0 saturated heterocycles. The minimum Gasteiger partial charge on any atom is -0.544 e. The quantitative estimate of drug-likeness (QED) is 0.424. The van der Waals surface area contributed by atoms with Gasteiger partial charge in [0.2, 0.25) is 6.10 Å². The highest BCUT2D eigenvalue weighted by Crippen LogP contribution is 2.37. The van der Waals surface area contributed by atoms with Gasteiger partial charge in [-0.15, -0.1) is 0 Å². The largest absolute Gasteiger partial charge is 0.544 e. The number of hydrogen-bond acceptors (Lipinski definition) is 5. The fraction of sp³-hybridized carbons (Fsp3) is 0.333. The van der Waals surface area contributed by atoms with Gasteiger partial charge in [0, 0.05) is 0 Å². The van der Waals surface area contributed by atoms with Crippen LogP contribution in [0.1, 0.15) is 11.9 Å². The molecule has 0 radical (unpaired) electrons. The Balaban J connectivity index is 3.16. The Morgan fingerprint density at radius 3 is 2.15 bits per heavy atom. The zero-order valence-corrected chi connectivity index (χ0v) is 11.2. The molecule has 0 aliphatic carbocycles. The highest BCUT2D eigenvalue weighted by molar-refractivity contribution is 14.1.